The predicted molar refractivity (Wildman–Crippen MR) is 91.3 cm³/mol. The Morgan fingerprint density at radius 1 is 1.15 bits per heavy atom. The molecule has 136 valence electrons. The second-order valence-corrected chi connectivity index (χ2v) is 5.67. The SMILES string of the molecule is Cc1cc(=O)oc2cc(OCCCC(=O)On3c(O)ccc3O)ccc12. The number of rotatable bonds is 6. The van der Waals surface area contributed by atoms with Gasteiger partial charge in [-0.3, -0.25) is 0 Å². The first-order valence-corrected chi connectivity index (χ1v) is 7.92. The zero-order valence-electron chi connectivity index (χ0n) is 14.0. The number of ether oxygens (including phenoxy) is 1. The molecule has 0 atom stereocenters. The average Bonchev–Trinajstić information content (AvgIpc) is 2.90. The van der Waals surface area contributed by atoms with E-state index in [-0.39, 0.29) is 24.8 Å². The van der Waals surface area contributed by atoms with Crippen molar-refractivity contribution in [2.75, 3.05) is 6.61 Å². The second-order valence-electron chi connectivity index (χ2n) is 5.67. The molecule has 2 aromatic heterocycles. The summed E-state index contributed by atoms with van der Waals surface area (Å²) in [6.07, 6.45) is 0.385. The van der Waals surface area contributed by atoms with E-state index in [1.165, 1.54) is 18.2 Å². The van der Waals surface area contributed by atoms with E-state index in [2.05, 4.69) is 0 Å². The molecule has 0 aliphatic rings. The molecule has 2 N–H and O–H groups in total. The summed E-state index contributed by atoms with van der Waals surface area (Å²) in [5, 5.41) is 19.6. The number of carbonyl (C=O) groups is 1. The van der Waals surface area contributed by atoms with E-state index in [0.717, 1.165) is 10.9 Å². The quantitative estimate of drug-likeness (QED) is 0.512. The fraction of sp³-hybridized carbons (Fsp3) is 0.222. The molecular weight excluding hydrogens is 342 g/mol. The van der Waals surface area contributed by atoms with Crippen LogP contribution in [0.3, 0.4) is 0 Å². The van der Waals surface area contributed by atoms with Crippen LogP contribution in [0.15, 0.2) is 45.6 Å². The van der Waals surface area contributed by atoms with Crippen molar-refractivity contribution in [3.8, 4) is 17.5 Å². The molecule has 0 fully saturated rings. The minimum absolute atomic E-state index is 0.0266. The monoisotopic (exact) mass is 359 g/mol. The molecule has 0 aliphatic heterocycles. The van der Waals surface area contributed by atoms with Crippen LogP contribution in [0.5, 0.6) is 17.5 Å². The standard InChI is InChI=1S/C18H17NO7/c1-11-9-18(23)25-14-10-12(4-5-13(11)14)24-8-2-3-17(22)26-19-15(20)6-7-16(19)21/h4-7,9-10,20-21H,2-3,8H2,1H3. The van der Waals surface area contributed by atoms with Gasteiger partial charge in [-0.1, -0.05) is 0 Å². The Morgan fingerprint density at radius 3 is 2.62 bits per heavy atom. The molecule has 3 aromatic rings. The lowest BCUT2D eigenvalue weighted by Gasteiger charge is -2.08. The van der Waals surface area contributed by atoms with Crippen molar-refractivity contribution < 1.29 is 29.0 Å². The molecule has 0 saturated heterocycles. The Bertz CT molecular complexity index is 983. The van der Waals surface area contributed by atoms with Gasteiger partial charge in [-0.2, -0.15) is 0 Å². The van der Waals surface area contributed by atoms with E-state index >= 15 is 0 Å². The Labute approximate surface area is 147 Å². The number of aromatic hydroxyl groups is 2. The highest BCUT2D eigenvalue weighted by Crippen LogP contribution is 2.22. The Balaban J connectivity index is 1.53. The third-order valence-corrected chi connectivity index (χ3v) is 3.71. The molecule has 0 spiro atoms. The smallest absolute Gasteiger partial charge is 0.336 e. The largest absolute Gasteiger partial charge is 0.493 e. The highest BCUT2D eigenvalue weighted by molar-refractivity contribution is 5.81. The summed E-state index contributed by atoms with van der Waals surface area (Å²) >= 11 is 0. The maximum Gasteiger partial charge on any atom is 0.336 e. The van der Waals surface area contributed by atoms with Crippen molar-refractivity contribution in [1.29, 1.82) is 0 Å². The molecule has 0 radical (unpaired) electrons. The van der Waals surface area contributed by atoms with Crippen molar-refractivity contribution in [3.63, 3.8) is 0 Å². The van der Waals surface area contributed by atoms with Crippen LogP contribution in [0.1, 0.15) is 18.4 Å². The molecule has 0 amide bonds. The Morgan fingerprint density at radius 2 is 1.88 bits per heavy atom. The van der Waals surface area contributed by atoms with E-state index in [0.29, 0.717) is 22.5 Å². The van der Waals surface area contributed by atoms with Gasteiger partial charge in [0.15, 0.2) is 0 Å². The predicted octanol–water partition coefficient (Wildman–Crippen LogP) is 2.13. The zero-order valence-corrected chi connectivity index (χ0v) is 14.0. The van der Waals surface area contributed by atoms with Crippen LogP contribution in [0, 0.1) is 6.92 Å². The van der Waals surface area contributed by atoms with Gasteiger partial charge in [-0.25, -0.2) is 9.59 Å². The fourth-order valence-electron chi connectivity index (χ4n) is 2.44. The van der Waals surface area contributed by atoms with Crippen molar-refractivity contribution in [2.45, 2.75) is 19.8 Å². The molecule has 26 heavy (non-hydrogen) atoms. The number of hydrogen-bond acceptors (Lipinski definition) is 7. The highest BCUT2D eigenvalue weighted by atomic mass is 16.7. The number of nitrogens with zero attached hydrogens (tertiary/aromatic N) is 1. The number of aryl methyl sites for hydroxylation is 1. The first kappa shape index (κ1) is 17.4. The lowest BCUT2D eigenvalue weighted by molar-refractivity contribution is -0.145. The Hall–Kier alpha value is -3.42. The number of hydrogen-bond donors (Lipinski definition) is 2. The molecule has 0 bridgehead atoms. The molecule has 3 rings (SSSR count). The van der Waals surface area contributed by atoms with Crippen LogP contribution < -0.4 is 15.2 Å². The minimum atomic E-state index is -0.629. The van der Waals surface area contributed by atoms with Crippen molar-refractivity contribution in [1.82, 2.24) is 4.73 Å². The summed E-state index contributed by atoms with van der Waals surface area (Å²) in [6, 6.07) is 9.00. The van der Waals surface area contributed by atoms with Crippen molar-refractivity contribution in [3.05, 3.63) is 52.4 Å². The molecule has 8 nitrogen and oxygen atoms in total. The number of benzene rings is 1. The van der Waals surface area contributed by atoms with Crippen molar-refractivity contribution >= 4 is 16.9 Å². The van der Waals surface area contributed by atoms with Crippen LogP contribution in [-0.4, -0.2) is 27.5 Å². The van der Waals surface area contributed by atoms with Gasteiger partial charge in [0.05, 0.1) is 13.0 Å². The summed E-state index contributed by atoms with van der Waals surface area (Å²) in [4.78, 5) is 28.0. The average molecular weight is 359 g/mol. The third-order valence-electron chi connectivity index (χ3n) is 3.71. The molecule has 8 heteroatoms. The highest BCUT2D eigenvalue weighted by Gasteiger charge is 2.12. The summed E-state index contributed by atoms with van der Waals surface area (Å²) < 4.78 is 11.3. The second kappa shape index (κ2) is 7.22. The Kier molecular flexibility index (Phi) is 4.83. The van der Waals surface area contributed by atoms with Gasteiger partial charge in [0.25, 0.3) is 0 Å². The minimum Gasteiger partial charge on any atom is -0.493 e. The fourth-order valence-corrected chi connectivity index (χ4v) is 2.44. The van der Waals surface area contributed by atoms with Gasteiger partial charge >= 0.3 is 11.6 Å². The lowest BCUT2D eigenvalue weighted by Crippen LogP contribution is -2.19. The molecular formula is C18H17NO7. The number of carbonyl (C=O) groups excluding carboxylic acids is 1. The number of aromatic nitrogens is 1. The molecule has 1 aromatic carbocycles. The normalized spacial score (nSPS) is 10.8. The van der Waals surface area contributed by atoms with Crippen molar-refractivity contribution in [2.24, 2.45) is 0 Å². The molecule has 2 heterocycles. The third kappa shape index (κ3) is 3.80. The van der Waals surface area contributed by atoms with Gasteiger partial charge < -0.3 is 24.2 Å². The maximum absolute atomic E-state index is 11.7. The van der Waals surface area contributed by atoms with Gasteiger partial charge in [-0.05, 0) is 31.0 Å². The first-order chi connectivity index (χ1) is 12.4. The summed E-state index contributed by atoms with van der Waals surface area (Å²) in [5.74, 6) is -0.865. The van der Waals surface area contributed by atoms with Crippen LogP contribution >= 0.6 is 0 Å². The first-order valence-electron chi connectivity index (χ1n) is 7.92. The molecule has 0 aliphatic carbocycles. The summed E-state index contributed by atoms with van der Waals surface area (Å²) in [6.45, 7) is 2.06. The summed E-state index contributed by atoms with van der Waals surface area (Å²) in [5.41, 5.74) is 0.832. The van der Waals surface area contributed by atoms with E-state index in [1.54, 1.807) is 18.2 Å². The maximum atomic E-state index is 11.7. The van der Waals surface area contributed by atoms with Gasteiger partial charge in [0, 0.05) is 29.7 Å². The van der Waals surface area contributed by atoms with Crippen LogP contribution in [0.4, 0.5) is 0 Å². The van der Waals surface area contributed by atoms with Crippen LogP contribution in [-0.2, 0) is 4.79 Å². The van der Waals surface area contributed by atoms with E-state index < -0.39 is 11.6 Å². The zero-order chi connectivity index (χ0) is 18.7. The van der Waals surface area contributed by atoms with Crippen LogP contribution in [0.2, 0.25) is 0 Å². The van der Waals surface area contributed by atoms with Gasteiger partial charge in [-0.15, -0.1) is 4.73 Å². The van der Waals surface area contributed by atoms with Crippen LogP contribution in [0.25, 0.3) is 11.0 Å². The molecule has 0 unspecified atom stereocenters. The van der Waals surface area contributed by atoms with E-state index in [1.807, 2.05) is 6.92 Å². The number of fused-ring (bicyclic) bond motifs is 1. The molecule has 0 saturated carbocycles. The summed E-state index contributed by atoms with van der Waals surface area (Å²) in [7, 11) is 0. The van der Waals surface area contributed by atoms with E-state index in [4.69, 9.17) is 14.0 Å². The van der Waals surface area contributed by atoms with E-state index in [9.17, 15) is 19.8 Å². The van der Waals surface area contributed by atoms with Gasteiger partial charge in [0.2, 0.25) is 11.8 Å². The van der Waals surface area contributed by atoms with Gasteiger partial charge in [0.1, 0.15) is 11.3 Å². The topological polar surface area (TPSA) is 111 Å². The lowest BCUT2D eigenvalue weighted by atomic mass is 10.1.